The molecule has 1 aliphatic carbocycles. The SMILES string of the molecule is CCCCOCCC(CNC1CC1)c1ccc(Br)cc1. The summed E-state index contributed by atoms with van der Waals surface area (Å²) in [5, 5.41) is 3.65. The van der Waals surface area contributed by atoms with Crippen LogP contribution in [-0.2, 0) is 4.74 Å². The molecule has 0 radical (unpaired) electrons. The summed E-state index contributed by atoms with van der Waals surface area (Å²) in [5.74, 6) is 0.560. The number of halogens is 1. The Morgan fingerprint density at radius 2 is 2.00 bits per heavy atom. The highest BCUT2D eigenvalue weighted by Gasteiger charge is 2.22. The van der Waals surface area contributed by atoms with Crippen LogP contribution in [0, 0.1) is 0 Å². The Morgan fingerprint density at radius 3 is 2.65 bits per heavy atom. The third-order valence-electron chi connectivity index (χ3n) is 3.82. The van der Waals surface area contributed by atoms with E-state index in [4.69, 9.17) is 4.74 Å². The zero-order valence-corrected chi connectivity index (χ0v) is 14.0. The van der Waals surface area contributed by atoms with Crippen LogP contribution in [0.5, 0.6) is 0 Å². The van der Waals surface area contributed by atoms with Crippen molar-refractivity contribution in [2.75, 3.05) is 19.8 Å². The fourth-order valence-corrected chi connectivity index (χ4v) is 2.56. The van der Waals surface area contributed by atoms with Crippen LogP contribution in [0.3, 0.4) is 0 Å². The summed E-state index contributed by atoms with van der Waals surface area (Å²) < 4.78 is 6.88. The van der Waals surface area contributed by atoms with Crippen LogP contribution in [0.1, 0.15) is 50.5 Å². The quantitative estimate of drug-likeness (QED) is 0.634. The number of nitrogens with one attached hydrogen (secondary N) is 1. The standard InChI is InChI=1S/C17H26BrNO/c1-2-3-11-20-12-10-15(13-19-17-8-9-17)14-4-6-16(18)7-5-14/h4-7,15,17,19H,2-3,8-13H2,1H3. The van der Waals surface area contributed by atoms with Crippen LogP contribution in [-0.4, -0.2) is 25.8 Å². The van der Waals surface area contributed by atoms with E-state index in [9.17, 15) is 0 Å². The molecular formula is C17H26BrNO. The molecule has 1 atom stereocenters. The van der Waals surface area contributed by atoms with Crippen LogP contribution < -0.4 is 5.32 Å². The molecule has 1 saturated carbocycles. The van der Waals surface area contributed by atoms with E-state index in [1.807, 2.05) is 0 Å². The minimum atomic E-state index is 0.560. The Hall–Kier alpha value is -0.380. The number of hydrogen-bond acceptors (Lipinski definition) is 2. The van der Waals surface area contributed by atoms with E-state index >= 15 is 0 Å². The van der Waals surface area contributed by atoms with Gasteiger partial charge in [-0.3, -0.25) is 0 Å². The first-order valence-corrected chi connectivity index (χ1v) is 8.65. The summed E-state index contributed by atoms with van der Waals surface area (Å²) in [7, 11) is 0. The van der Waals surface area contributed by atoms with Gasteiger partial charge in [0.25, 0.3) is 0 Å². The first-order valence-electron chi connectivity index (χ1n) is 7.86. The topological polar surface area (TPSA) is 21.3 Å². The Labute approximate surface area is 131 Å². The second-order valence-electron chi connectivity index (χ2n) is 5.69. The summed E-state index contributed by atoms with van der Waals surface area (Å²) in [6.07, 6.45) is 6.17. The molecule has 2 nitrogen and oxygen atoms in total. The highest BCUT2D eigenvalue weighted by atomic mass is 79.9. The molecule has 1 aromatic rings. The molecule has 1 aromatic carbocycles. The molecular weight excluding hydrogens is 314 g/mol. The third-order valence-corrected chi connectivity index (χ3v) is 4.35. The summed E-state index contributed by atoms with van der Waals surface area (Å²) in [6, 6.07) is 9.51. The average molecular weight is 340 g/mol. The molecule has 112 valence electrons. The van der Waals surface area contributed by atoms with Gasteiger partial charge in [0, 0.05) is 30.3 Å². The normalized spacial score (nSPS) is 16.3. The molecule has 1 unspecified atom stereocenters. The molecule has 0 aliphatic heterocycles. The number of ether oxygens (including phenoxy) is 1. The maximum Gasteiger partial charge on any atom is 0.0472 e. The molecule has 0 bridgehead atoms. The van der Waals surface area contributed by atoms with E-state index in [0.29, 0.717) is 5.92 Å². The van der Waals surface area contributed by atoms with Crippen molar-refractivity contribution < 1.29 is 4.74 Å². The van der Waals surface area contributed by atoms with Gasteiger partial charge >= 0.3 is 0 Å². The molecule has 0 aromatic heterocycles. The van der Waals surface area contributed by atoms with E-state index in [2.05, 4.69) is 52.4 Å². The highest BCUT2D eigenvalue weighted by Crippen LogP contribution is 2.24. The lowest BCUT2D eigenvalue weighted by molar-refractivity contribution is 0.124. The minimum Gasteiger partial charge on any atom is -0.381 e. The van der Waals surface area contributed by atoms with Gasteiger partial charge in [0.2, 0.25) is 0 Å². The highest BCUT2D eigenvalue weighted by molar-refractivity contribution is 9.10. The summed E-state index contributed by atoms with van der Waals surface area (Å²) in [4.78, 5) is 0. The molecule has 2 rings (SSSR count). The number of unbranched alkanes of at least 4 members (excludes halogenated alkanes) is 1. The first kappa shape index (κ1) is 16.0. The van der Waals surface area contributed by atoms with Crippen molar-refractivity contribution in [1.29, 1.82) is 0 Å². The molecule has 1 aliphatic rings. The van der Waals surface area contributed by atoms with Crippen molar-refractivity contribution in [3.05, 3.63) is 34.3 Å². The fourth-order valence-electron chi connectivity index (χ4n) is 2.29. The van der Waals surface area contributed by atoms with E-state index in [0.717, 1.165) is 36.7 Å². The summed E-state index contributed by atoms with van der Waals surface area (Å²) >= 11 is 3.51. The maximum absolute atomic E-state index is 5.74. The second kappa shape index (κ2) is 8.81. The van der Waals surface area contributed by atoms with Gasteiger partial charge in [-0.15, -0.1) is 0 Å². The van der Waals surface area contributed by atoms with Crippen molar-refractivity contribution in [3.8, 4) is 0 Å². The van der Waals surface area contributed by atoms with Crippen molar-refractivity contribution in [1.82, 2.24) is 5.32 Å². The monoisotopic (exact) mass is 339 g/mol. The summed E-state index contributed by atoms with van der Waals surface area (Å²) in [5.41, 5.74) is 1.42. The number of hydrogen-bond donors (Lipinski definition) is 1. The summed E-state index contributed by atoms with van der Waals surface area (Å²) in [6.45, 7) is 5.05. The van der Waals surface area contributed by atoms with E-state index in [1.165, 1.54) is 31.2 Å². The first-order chi connectivity index (χ1) is 9.79. The Bertz CT molecular complexity index is 375. The van der Waals surface area contributed by atoms with E-state index in [-0.39, 0.29) is 0 Å². The van der Waals surface area contributed by atoms with Gasteiger partial charge in [-0.25, -0.2) is 0 Å². The smallest absolute Gasteiger partial charge is 0.0472 e. The molecule has 20 heavy (non-hydrogen) atoms. The zero-order valence-electron chi connectivity index (χ0n) is 12.4. The van der Waals surface area contributed by atoms with Gasteiger partial charge in [0.1, 0.15) is 0 Å². The van der Waals surface area contributed by atoms with Gasteiger partial charge in [-0.1, -0.05) is 41.4 Å². The molecule has 0 heterocycles. The van der Waals surface area contributed by atoms with Crippen LogP contribution >= 0.6 is 15.9 Å². The molecule has 0 amide bonds. The van der Waals surface area contributed by atoms with Crippen molar-refractivity contribution in [2.45, 2.75) is 51.0 Å². The Balaban J connectivity index is 1.80. The lowest BCUT2D eigenvalue weighted by Gasteiger charge is -2.18. The van der Waals surface area contributed by atoms with Gasteiger partial charge in [-0.05, 0) is 49.3 Å². The zero-order chi connectivity index (χ0) is 14.2. The molecule has 3 heteroatoms. The molecule has 1 N–H and O–H groups in total. The van der Waals surface area contributed by atoms with Crippen molar-refractivity contribution >= 4 is 15.9 Å². The second-order valence-corrected chi connectivity index (χ2v) is 6.60. The van der Waals surface area contributed by atoms with Crippen LogP contribution in [0.25, 0.3) is 0 Å². The van der Waals surface area contributed by atoms with Gasteiger partial charge in [0.15, 0.2) is 0 Å². The van der Waals surface area contributed by atoms with E-state index in [1.54, 1.807) is 0 Å². The van der Waals surface area contributed by atoms with Crippen molar-refractivity contribution in [2.24, 2.45) is 0 Å². The van der Waals surface area contributed by atoms with Gasteiger partial charge < -0.3 is 10.1 Å². The van der Waals surface area contributed by atoms with Gasteiger partial charge in [-0.2, -0.15) is 0 Å². The number of rotatable bonds is 10. The lowest BCUT2D eigenvalue weighted by atomic mass is 9.96. The average Bonchev–Trinajstić information content (AvgIpc) is 3.27. The van der Waals surface area contributed by atoms with Crippen LogP contribution in [0.2, 0.25) is 0 Å². The van der Waals surface area contributed by atoms with Crippen LogP contribution in [0.4, 0.5) is 0 Å². The third kappa shape index (κ3) is 5.94. The predicted molar refractivity (Wildman–Crippen MR) is 88.3 cm³/mol. The van der Waals surface area contributed by atoms with Crippen molar-refractivity contribution in [3.63, 3.8) is 0 Å². The van der Waals surface area contributed by atoms with Gasteiger partial charge in [0.05, 0.1) is 0 Å². The minimum absolute atomic E-state index is 0.560. The maximum atomic E-state index is 5.74. The lowest BCUT2D eigenvalue weighted by Crippen LogP contribution is -2.24. The predicted octanol–water partition coefficient (Wildman–Crippen LogP) is 4.49. The van der Waals surface area contributed by atoms with E-state index < -0.39 is 0 Å². The molecule has 0 spiro atoms. The Morgan fingerprint density at radius 1 is 1.25 bits per heavy atom. The fraction of sp³-hybridized carbons (Fsp3) is 0.647. The largest absolute Gasteiger partial charge is 0.381 e. The molecule has 0 saturated heterocycles. The molecule has 1 fully saturated rings. The number of benzene rings is 1. The van der Waals surface area contributed by atoms with Crippen LogP contribution in [0.15, 0.2) is 28.7 Å². The Kier molecular flexibility index (Phi) is 7.05.